The van der Waals surface area contributed by atoms with Gasteiger partial charge in [0.25, 0.3) is 6.43 Å². The van der Waals surface area contributed by atoms with E-state index in [9.17, 15) is 8.78 Å². The molecule has 0 atom stereocenters. The molecular weight excluding hydrogens is 280 g/mol. The first-order chi connectivity index (χ1) is 8.60. The molecule has 2 rings (SSSR count). The lowest BCUT2D eigenvalue weighted by Crippen LogP contribution is -2.04. The first-order valence-electron chi connectivity index (χ1n) is 5.20. The summed E-state index contributed by atoms with van der Waals surface area (Å²) in [5.74, 6) is 0.324. The topological polar surface area (TPSA) is 38.7 Å². The fourth-order valence-corrected chi connectivity index (χ4v) is 2.43. The van der Waals surface area contributed by atoms with Crippen LogP contribution in [0, 0.1) is 6.92 Å². The van der Waals surface area contributed by atoms with Crippen molar-refractivity contribution in [2.24, 2.45) is 0 Å². The van der Waals surface area contributed by atoms with E-state index in [0.29, 0.717) is 12.2 Å². The fraction of sp³-hybridized carbons (Fsp3) is 0.364. The second-order valence-corrected chi connectivity index (χ2v) is 4.90. The van der Waals surface area contributed by atoms with Crippen LogP contribution in [0.5, 0.6) is 0 Å². The lowest BCUT2D eigenvalue weighted by atomic mass is 10.2. The summed E-state index contributed by atoms with van der Waals surface area (Å²) in [7, 11) is 0. The van der Waals surface area contributed by atoms with Gasteiger partial charge >= 0.3 is 0 Å². The zero-order chi connectivity index (χ0) is 13.1. The molecule has 0 aliphatic carbocycles. The lowest BCUT2D eigenvalue weighted by molar-refractivity contribution is 0.144. The second kappa shape index (κ2) is 5.67. The summed E-state index contributed by atoms with van der Waals surface area (Å²) in [5.41, 5.74) is 0.885. The number of aryl methyl sites for hydroxylation is 1. The number of aromatic nitrogens is 3. The number of thiazole rings is 1. The van der Waals surface area contributed by atoms with Crippen molar-refractivity contribution >= 4 is 22.9 Å². The molecule has 2 aromatic heterocycles. The monoisotopic (exact) mass is 289 g/mol. The Hall–Kier alpha value is -1.14. The molecule has 96 valence electrons. The molecule has 0 radical (unpaired) electrons. The number of hydrogen-bond acceptors (Lipinski definition) is 4. The van der Waals surface area contributed by atoms with Gasteiger partial charge in [0.1, 0.15) is 16.5 Å². The van der Waals surface area contributed by atoms with E-state index in [0.717, 1.165) is 10.7 Å². The summed E-state index contributed by atoms with van der Waals surface area (Å²) in [6, 6.07) is 0. The minimum absolute atomic E-state index is 0.0175. The molecule has 7 heteroatoms. The molecule has 0 saturated carbocycles. The molecule has 3 nitrogen and oxygen atoms in total. The minimum Gasteiger partial charge on any atom is -0.246 e. The van der Waals surface area contributed by atoms with E-state index < -0.39 is 6.43 Å². The molecule has 0 unspecified atom stereocenters. The van der Waals surface area contributed by atoms with Crippen molar-refractivity contribution in [3.05, 3.63) is 39.4 Å². The molecule has 0 saturated heterocycles. The number of halogens is 3. The van der Waals surface area contributed by atoms with Gasteiger partial charge in [-0.3, -0.25) is 0 Å². The average molecular weight is 290 g/mol. The van der Waals surface area contributed by atoms with Crippen molar-refractivity contribution in [3.8, 4) is 0 Å². The van der Waals surface area contributed by atoms with Crippen molar-refractivity contribution in [1.82, 2.24) is 15.0 Å². The third-order valence-corrected chi connectivity index (χ3v) is 3.53. The highest BCUT2D eigenvalue weighted by Crippen LogP contribution is 2.22. The fourth-order valence-electron chi connectivity index (χ4n) is 1.45. The van der Waals surface area contributed by atoms with E-state index in [1.807, 2.05) is 12.3 Å². The van der Waals surface area contributed by atoms with Crippen LogP contribution in [0.25, 0.3) is 0 Å². The normalized spacial score (nSPS) is 11.2. The van der Waals surface area contributed by atoms with Gasteiger partial charge in [-0.2, -0.15) is 0 Å². The molecule has 18 heavy (non-hydrogen) atoms. The van der Waals surface area contributed by atoms with Gasteiger partial charge in [-0.25, -0.2) is 23.7 Å². The molecule has 2 aromatic rings. The Labute approximate surface area is 112 Å². The highest BCUT2D eigenvalue weighted by atomic mass is 35.5. The minimum atomic E-state index is -2.64. The molecule has 0 aromatic carbocycles. The zero-order valence-electron chi connectivity index (χ0n) is 9.53. The number of hydrogen-bond donors (Lipinski definition) is 0. The molecular formula is C11H10ClF2N3S. The van der Waals surface area contributed by atoms with Gasteiger partial charge < -0.3 is 0 Å². The van der Waals surface area contributed by atoms with Gasteiger partial charge in [0.05, 0.1) is 12.3 Å². The van der Waals surface area contributed by atoms with E-state index >= 15 is 0 Å². The van der Waals surface area contributed by atoms with E-state index in [-0.39, 0.29) is 17.1 Å². The SMILES string of the molecule is Cc1csc(Cc2ncc(CCl)c(C(F)F)n2)n1. The highest BCUT2D eigenvalue weighted by molar-refractivity contribution is 7.09. The molecule has 0 bridgehead atoms. The van der Waals surface area contributed by atoms with E-state index in [4.69, 9.17) is 11.6 Å². The standard InChI is InChI=1S/C11H10ClF2N3S/c1-6-5-18-9(16-6)2-8-15-4-7(3-12)10(17-8)11(13)14/h4-5,11H,2-3H2,1H3. The molecule has 0 aliphatic heterocycles. The van der Waals surface area contributed by atoms with Crippen molar-refractivity contribution in [1.29, 1.82) is 0 Å². The summed E-state index contributed by atoms with van der Waals surface area (Å²) < 4.78 is 25.6. The Balaban J connectivity index is 2.26. The van der Waals surface area contributed by atoms with Crippen LogP contribution in [0.1, 0.15) is 34.2 Å². The molecule has 2 heterocycles. The van der Waals surface area contributed by atoms with Crippen molar-refractivity contribution in [2.45, 2.75) is 25.7 Å². The van der Waals surface area contributed by atoms with Crippen LogP contribution in [0.3, 0.4) is 0 Å². The Morgan fingerprint density at radius 1 is 1.39 bits per heavy atom. The van der Waals surface area contributed by atoms with Gasteiger partial charge in [-0.15, -0.1) is 22.9 Å². The Morgan fingerprint density at radius 2 is 2.17 bits per heavy atom. The maximum atomic E-state index is 12.8. The van der Waals surface area contributed by atoms with Crippen molar-refractivity contribution < 1.29 is 8.78 Å². The Morgan fingerprint density at radius 3 is 2.72 bits per heavy atom. The third-order valence-electron chi connectivity index (χ3n) is 2.27. The molecule has 0 amide bonds. The van der Waals surface area contributed by atoms with Crippen LogP contribution in [-0.2, 0) is 12.3 Å². The summed E-state index contributed by atoms with van der Waals surface area (Å²) in [6.07, 6.45) is -0.920. The van der Waals surface area contributed by atoms with Crippen LogP contribution in [-0.4, -0.2) is 15.0 Å². The van der Waals surface area contributed by atoms with Crippen molar-refractivity contribution in [2.75, 3.05) is 0 Å². The van der Waals surface area contributed by atoms with E-state index in [1.165, 1.54) is 17.5 Å². The van der Waals surface area contributed by atoms with Gasteiger partial charge in [-0.05, 0) is 6.92 Å². The van der Waals surface area contributed by atoms with Crippen LogP contribution in [0.15, 0.2) is 11.6 Å². The van der Waals surface area contributed by atoms with Gasteiger partial charge in [0.2, 0.25) is 0 Å². The van der Waals surface area contributed by atoms with E-state index in [1.54, 1.807) is 0 Å². The largest absolute Gasteiger partial charge is 0.280 e. The van der Waals surface area contributed by atoms with Crippen LogP contribution < -0.4 is 0 Å². The summed E-state index contributed by atoms with van der Waals surface area (Å²) >= 11 is 7.03. The molecule has 0 spiro atoms. The summed E-state index contributed by atoms with van der Waals surface area (Å²) in [4.78, 5) is 12.2. The summed E-state index contributed by atoms with van der Waals surface area (Å²) in [5, 5.41) is 2.71. The van der Waals surface area contributed by atoms with Gasteiger partial charge in [0, 0.05) is 22.8 Å². The highest BCUT2D eigenvalue weighted by Gasteiger charge is 2.16. The molecule has 0 N–H and O–H groups in total. The zero-order valence-corrected chi connectivity index (χ0v) is 11.1. The average Bonchev–Trinajstić information content (AvgIpc) is 2.74. The predicted molar refractivity (Wildman–Crippen MR) is 66.2 cm³/mol. The first-order valence-corrected chi connectivity index (χ1v) is 6.61. The third kappa shape index (κ3) is 3.00. The van der Waals surface area contributed by atoms with Crippen LogP contribution in [0.4, 0.5) is 8.78 Å². The van der Waals surface area contributed by atoms with Crippen molar-refractivity contribution in [3.63, 3.8) is 0 Å². The lowest BCUT2D eigenvalue weighted by Gasteiger charge is -2.06. The number of alkyl halides is 3. The smallest absolute Gasteiger partial charge is 0.246 e. The Kier molecular flexibility index (Phi) is 4.19. The molecule has 0 fully saturated rings. The van der Waals surface area contributed by atoms with Crippen LogP contribution >= 0.6 is 22.9 Å². The van der Waals surface area contributed by atoms with Gasteiger partial charge in [-0.1, -0.05) is 0 Å². The Bertz CT molecular complexity index is 545. The van der Waals surface area contributed by atoms with Gasteiger partial charge in [0.15, 0.2) is 0 Å². The maximum Gasteiger partial charge on any atom is 0.280 e. The second-order valence-electron chi connectivity index (χ2n) is 3.69. The first kappa shape index (κ1) is 13.3. The predicted octanol–water partition coefficient (Wildman–Crippen LogP) is 3.51. The van der Waals surface area contributed by atoms with Crippen LogP contribution in [0.2, 0.25) is 0 Å². The quantitative estimate of drug-likeness (QED) is 0.809. The van der Waals surface area contributed by atoms with E-state index in [2.05, 4.69) is 15.0 Å². The maximum absolute atomic E-state index is 12.8. The summed E-state index contributed by atoms with van der Waals surface area (Å²) in [6.45, 7) is 1.88. The molecule has 0 aliphatic rings. The number of nitrogens with zero attached hydrogens (tertiary/aromatic N) is 3. The number of rotatable bonds is 4.